The Kier molecular flexibility index (Phi) is 5.64. The Morgan fingerprint density at radius 2 is 1.64 bits per heavy atom. The van der Waals surface area contributed by atoms with Crippen molar-refractivity contribution in [3.05, 3.63) is 24.3 Å². The number of hydrogen-bond donors (Lipinski definition) is 2. The van der Waals surface area contributed by atoms with Gasteiger partial charge in [-0.15, -0.1) is 0 Å². The van der Waals surface area contributed by atoms with Crippen molar-refractivity contribution < 1.29 is 4.79 Å². The number of carbonyl (C=O) groups excluding carboxylic acids is 1. The van der Waals surface area contributed by atoms with E-state index in [1.54, 1.807) is 0 Å². The van der Waals surface area contributed by atoms with Crippen molar-refractivity contribution in [1.29, 1.82) is 0 Å². The van der Waals surface area contributed by atoms with Gasteiger partial charge >= 0.3 is 0 Å². The lowest BCUT2D eigenvalue weighted by molar-refractivity contribution is -0.125. The highest BCUT2D eigenvalue weighted by atomic mass is 16.1. The van der Waals surface area contributed by atoms with Crippen molar-refractivity contribution >= 4 is 28.6 Å². The predicted molar refractivity (Wildman–Crippen MR) is 114 cm³/mol. The van der Waals surface area contributed by atoms with E-state index in [1.807, 2.05) is 37.2 Å². The van der Waals surface area contributed by atoms with Gasteiger partial charge in [0, 0.05) is 37.5 Å². The number of benzene rings is 1. The van der Waals surface area contributed by atoms with Gasteiger partial charge in [0.1, 0.15) is 5.82 Å². The third kappa shape index (κ3) is 4.21. The highest BCUT2D eigenvalue weighted by molar-refractivity contribution is 5.90. The summed E-state index contributed by atoms with van der Waals surface area (Å²) in [6.45, 7) is 0. The van der Waals surface area contributed by atoms with Gasteiger partial charge < -0.3 is 15.5 Å². The minimum atomic E-state index is 0.256. The molecule has 2 aliphatic carbocycles. The number of aromatic nitrogens is 2. The summed E-state index contributed by atoms with van der Waals surface area (Å²) in [5.41, 5.74) is 0.959. The van der Waals surface area contributed by atoms with Crippen molar-refractivity contribution in [2.24, 2.45) is 5.92 Å². The number of hydrogen-bond acceptors (Lipinski definition) is 5. The number of anilines is 2. The van der Waals surface area contributed by atoms with Crippen molar-refractivity contribution in [3.8, 4) is 0 Å². The minimum absolute atomic E-state index is 0.256. The number of rotatable bonds is 5. The summed E-state index contributed by atoms with van der Waals surface area (Å²) in [6.07, 6.45) is 8.64. The van der Waals surface area contributed by atoms with Gasteiger partial charge in [-0.2, -0.15) is 4.98 Å². The predicted octanol–water partition coefficient (Wildman–Crippen LogP) is 3.73. The number of carbonyl (C=O) groups is 1. The van der Waals surface area contributed by atoms with Gasteiger partial charge in [-0.1, -0.05) is 25.0 Å². The smallest absolute Gasteiger partial charge is 0.225 e. The van der Waals surface area contributed by atoms with E-state index in [2.05, 4.69) is 16.7 Å². The molecule has 2 N–H and O–H groups in total. The summed E-state index contributed by atoms with van der Waals surface area (Å²) in [7, 11) is 4.02. The fourth-order valence-corrected chi connectivity index (χ4v) is 4.54. The average molecular weight is 382 g/mol. The fraction of sp³-hybridized carbons (Fsp3) is 0.591. The zero-order chi connectivity index (χ0) is 19.5. The fourth-order valence-electron chi connectivity index (χ4n) is 4.54. The standard InChI is InChI=1S/C22H31N5O/c1-27(2)20-18-9-5-6-10-19(18)25-22(26-20)24-17-13-11-16(12-14-17)23-21(28)15-7-3-4-8-15/h5-6,9-10,15-17H,3-4,7-8,11-14H2,1-2H3,(H,23,28)(H,24,25,26). The third-order valence-electron chi connectivity index (χ3n) is 6.14. The van der Waals surface area contributed by atoms with E-state index >= 15 is 0 Å². The van der Waals surface area contributed by atoms with Crippen LogP contribution in [-0.2, 0) is 4.79 Å². The molecule has 1 amide bonds. The molecule has 0 unspecified atom stereocenters. The van der Waals surface area contributed by atoms with Crippen LogP contribution in [0.4, 0.5) is 11.8 Å². The minimum Gasteiger partial charge on any atom is -0.362 e. The second kappa shape index (κ2) is 8.33. The van der Waals surface area contributed by atoms with Crippen LogP contribution in [-0.4, -0.2) is 42.1 Å². The van der Waals surface area contributed by atoms with Crippen LogP contribution < -0.4 is 15.5 Å². The Morgan fingerprint density at radius 3 is 2.36 bits per heavy atom. The molecule has 2 aliphatic rings. The van der Waals surface area contributed by atoms with Crippen LogP contribution in [0.5, 0.6) is 0 Å². The average Bonchev–Trinajstić information content (AvgIpc) is 3.24. The number of fused-ring (bicyclic) bond motifs is 1. The molecule has 1 heterocycles. The first-order valence-corrected chi connectivity index (χ1v) is 10.6. The Bertz CT molecular complexity index is 823. The summed E-state index contributed by atoms with van der Waals surface area (Å²) in [6, 6.07) is 8.80. The van der Waals surface area contributed by atoms with E-state index in [-0.39, 0.29) is 11.8 Å². The van der Waals surface area contributed by atoms with Crippen LogP contribution >= 0.6 is 0 Å². The van der Waals surface area contributed by atoms with Crippen LogP contribution in [0.3, 0.4) is 0 Å². The summed E-state index contributed by atoms with van der Waals surface area (Å²) in [5, 5.41) is 7.89. The Balaban J connectivity index is 1.36. The van der Waals surface area contributed by atoms with Gasteiger partial charge in [0.25, 0.3) is 0 Å². The van der Waals surface area contributed by atoms with Gasteiger partial charge in [-0.3, -0.25) is 4.79 Å². The summed E-state index contributed by atoms with van der Waals surface area (Å²) in [4.78, 5) is 23.9. The maximum atomic E-state index is 12.4. The van der Waals surface area contributed by atoms with E-state index < -0.39 is 0 Å². The first kappa shape index (κ1) is 19.0. The van der Waals surface area contributed by atoms with E-state index in [0.29, 0.717) is 18.0 Å². The van der Waals surface area contributed by atoms with Crippen LogP contribution in [0.25, 0.3) is 10.9 Å². The van der Waals surface area contributed by atoms with Crippen molar-refractivity contribution in [2.75, 3.05) is 24.3 Å². The summed E-state index contributed by atoms with van der Waals surface area (Å²) < 4.78 is 0. The lowest BCUT2D eigenvalue weighted by atomic mass is 9.90. The lowest BCUT2D eigenvalue weighted by Crippen LogP contribution is -2.42. The molecule has 2 saturated carbocycles. The van der Waals surface area contributed by atoms with Crippen LogP contribution in [0.1, 0.15) is 51.4 Å². The van der Waals surface area contributed by atoms with Crippen LogP contribution in [0.2, 0.25) is 0 Å². The maximum absolute atomic E-state index is 12.4. The molecule has 28 heavy (non-hydrogen) atoms. The Hall–Kier alpha value is -2.37. The molecule has 1 aromatic carbocycles. The molecule has 0 saturated heterocycles. The lowest BCUT2D eigenvalue weighted by Gasteiger charge is -2.30. The first-order valence-electron chi connectivity index (χ1n) is 10.6. The summed E-state index contributed by atoms with van der Waals surface area (Å²) in [5.74, 6) is 2.17. The molecule has 0 atom stereocenters. The van der Waals surface area contributed by atoms with Gasteiger partial charge in [-0.05, 0) is 50.7 Å². The molecular weight excluding hydrogens is 350 g/mol. The van der Waals surface area contributed by atoms with E-state index in [4.69, 9.17) is 9.97 Å². The van der Waals surface area contributed by atoms with Crippen molar-refractivity contribution in [2.45, 2.75) is 63.5 Å². The summed E-state index contributed by atoms with van der Waals surface area (Å²) >= 11 is 0. The Morgan fingerprint density at radius 1 is 0.964 bits per heavy atom. The van der Waals surface area contributed by atoms with Gasteiger partial charge in [0.2, 0.25) is 11.9 Å². The molecule has 4 rings (SSSR count). The molecule has 0 aliphatic heterocycles. The topological polar surface area (TPSA) is 70.2 Å². The Labute approximate surface area is 167 Å². The molecule has 150 valence electrons. The van der Waals surface area contributed by atoms with Gasteiger partial charge in [0.05, 0.1) is 5.52 Å². The maximum Gasteiger partial charge on any atom is 0.225 e. The van der Waals surface area contributed by atoms with Crippen LogP contribution in [0, 0.1) is 5.92 Å². The molecule has 0 spiro atoms. The van der Waals surface area contributed by atoms with Gasteiger partial charge in [0.15, 0.2) is 0 Å². The number of nitrogens with one attached hydrogen (secondary N) is 2. The highest BCUT2D eigenvalue weighted by Gasteiger charge is 2.27. The molecule has 2 aromatic rings. The zero-order valence-corrected chi connectivity index (χ0v) is 16.9. The second-order valence-corrected chi connectivity index (χ2v) is 8.47. The number of amides is 1. The zero-order valence-electron chi connectivity index (χ0n) is 16.9. The third-order valence-corrected chi connectivity index (χ3v) is 6.14. The second-order valence-electron chi connectivity index (χ2n) is 8.47. The molecule has 0 bridgehead atoms. The van der Waals surface area contributed by atoms with Crippen LogP contribution in [0.15, 0.2) is 24.3 Å². The quantitative estimate of drug-likeness (QED) is 0.826. The number of para-hydroxylation sites is 1. The molecule has 0 radical (unpaired) electrons. The van der Waals surface area contributed by atoms with E-state index in [9.17, 15) is 4.79 Å². The van der Waals surface area contributed by atoms with Crippen molar-refractivity contribution in [1.82, 2.24) is 15.3 Å². The molecule has 1 aromatic heterocycles. The van der Waals surface area contributed by atoms with E-state index in [1.165, 1.54) is 12.8 Å². The normalized spacial score (nSPS) is 22.9. The first-order chi connectivity index (χ1) is 13.6. The highest BCUT2D eigenvalue weighted by Crippen LogP contribution is 2.28. The molecule has 6 nitrogen and oxygen atoms in total. The molecule has 6 heteroatoms. The molecule has 2 fully saturated rings. The number of nitrogens with zero attached hydrogens (tertiary/aromatic N) is 3. The largest absolute Gasteiger partial charge is 0.362 e. The molecular formula is C22H31N5O. The van der Waals surface area contributed by atoms with E-state index in [0.717, 1.165) is 55.2 Å². The van der Waals surface area contributed by atoms with Gasteiger partial charge in [-0.25, -0.2) is 4.98 Å². The SMILES string of the molecule is CN(C)c1nc(NC2CCC(NC(=O)C3CCCC3)CC2)nc2ccccc12. The van der Waals surface area contributed by atoms with Crippen molar-refractivity contribution in [3.63, 3.8) is 0 Å². The monoisotopic (exact) mass is 381 g/mol.